The van der Waals surface area contributed by atoms with E-state index >= 15 is 4.39 Å². The normalized spacial score (nSPS) is 20.5. The molecule has 7 nitrogen and oxygen atoms in total. The van der Waals surface area contributed by atoms with Crippen LogP contribution in [0.4, 0.5) is 8.78 Å². The van der Waals surface area contributed by atoms with Crippen molar-refractivity contribution in [2.45, 2.75) is 44.7 Å². The molecule has 4 atom stereocenters. The average Bonchev–Trinajstić information content (AvgIpc) is 3.55. The SMILES string of the molecule is C[C@@H](CF)NCC(Cc1nc[nH]c(=O)c1O)c1ccc(CCc2ccc(CN3CC4COCC4C3)cc2)cc1F. The molecular formula is C31H38F2N4O3. The highest BCUT2D eigenvalue weighted by Gasteiger charge is 2.36. The fourth-order valence-corrected chi connectivity index (χ4v) is 5.83. The van der Waals surface area contributed by atoms with Gasteiger partial charge in [0, 0.05) is 56.4 Å². The number of aromatic amines is 1. The number of alkyl halides is 1. The predicted octanol–water partition coefficient (Wildman–Crippen LogP) is 3.75. The molecule has 2 aliphatic rings. The van der Waals surface area contributed by atoms with Crippen LogP contribution in [-0.2, 0) is 30.5 Å². The molecule has 3 aromatic rings. The first kappa shape index (κ1) is 28.4. The van der Waals surface area contributed by atoms with Crippen LogP contribution in [0.5, 0.6) is 5.75 Å². The summed E-state index contributed by atoms with van der Waals surface area (Å²) in [5.41, 5.74) is 3.37. The maximum atomic E-state index is 15.4. The Kier molecular flexibility index (Phi) is 9.24. The minimum atomic E-state index is -0.647. The monoisotopic (exact) mass is 552 g/mol. The van der Waals surface area contributed by atoms with Crippen molar-refractivity contribution in [2.75, 3.05) is 39.5 Å². The molecule has 3 N–H and O–H groups in total. The number of rotatable bonds is 12. The predicted molar refractivity (Wildman–Crippen MR) is 150 cm³/mol. The van der Waals surface area contributed by atoms with Crippen molar-refractivity contribution < 1.29 is 18.6 Å². The minimum absolute atomic E-state index is 0.136. The molecule has 2 fully saturated rings. The Hall–Kier alpha value is -3.14. The Balaban J connectivity index is 1.20. The number of likely N-dealkylation sites (tertiary alicyclic amines) is 1. The van der Waals surface area contributed by atoms with Gasteiger partial charge in [0.05, 0.1) is 25.2 Å². The van der Waals surface area contributed by atoms with E-state index < -0.39 is 29.9 Å². The molecule has 0 bridgehead atoms. The number of H-pyrrole nitrogens is 1. The third-order valence-corrected chi connectivity index (χ3v) is 8.24. The van der Waals surface area contributed by atoms with Gasteiger partial charge in [0.2, 0.25) is 5.75 Å². The zero-order chi connectivity index (χ0) is 28.1. The molecular weight excluding hydrogens is 514 g/mol. The first-order chi connectivity index (χ1) is 19.4. The van der Waals surface area contributed by atoms with Crippen molar-refractivity contribution in [3.05, 3.63) is 92.9 Å². The van der Waals surface area contributed by atoms with E-state index in [0.717, 1.165) is 44.8 Å². The van der Waals surface area contributed by atoms with Gasteiger partial charge < -0.3 is 20.1 Å². The van der Waals surface area contributed by atoms with Gasteiger partial charge in [0.15, 0.2) is 0 Å². The van der Waals surface area contributed by atoms with Crippen molar-refractivity contribution in [3.8, 4) is 5.75 Å². The van der Waals surface area contributed by atoms with Crippen LogP contribution in [0.2, 0.25) is 0 Å². The van der Waals surface area contributed by atoms with Gasteiger partial charge in [-0.3, -0.25) is 9.69 Å². The largest absolute Gasteiger partial charge is 0.502 e. The summed E-state index contributed by atoms with van der Waals surface area (Å²) in [7, 11) is 0. The van der Waals surface area contributed by atoms with Crippen LogP contribution in [0.25, 0.3) is 0 Å². The van der Waals surface area contributed by atoms with E-state index in [1.807, 2.05) is 6.07 Å². The molecule has 0 amide bonds. The zero-order valence-electron chi connectivity index (χ0n) is 22.9. The molecule has 0 radical (unpaired) electrons. The lowest BCUT2D eigenvalue weighted by molar-refractivity contribution is 0.153. The summed E-state index contributed by atoms with van der Waals surface area (Å²) in [5.74, 6) is 0.0773. The summed E-state index contributed by atoms with van der Waals surface area (Å²) in [6.45, 7) is 6.40. The number of hydrogen-bond donors (Lipinski definition) is 3. The second-order valence-electron chi connectivity index (χ2n) is 11.3. The summed E-state index contributed by atoms with van der Waals surface area (Å²) in [6.07, 6.45) is 2.85. The van der Waals surface area contributed by atoms with Crippen molar-refractivity contribution in [1.82, 2.24) is 20.2 Å². The molecule has 3 heterocycles. The Morgan fingerprint density at radius 3 is 2.48 bits per heavy atom. The Morgan fingerprint density at radius 2 is 1.77 bits per heavy atom. The highest BCUT2D eigenvalue weighted by atomic mass is 19.1. The van der Waals surface area contributed by atoms with Gasteiger partial charge in [-0.25, -0.2) is 13.8 Å². The average molecular weight is 553 g/mol. The fourth-order valence-electron chi connectivity index (χ4n) is 5.83. The molecule has 2 aromatic carbocycles. The zero-order valence-corrected chi connectivity index (χ0v) is 22.9. The fraction of sp³-hybridized carbons (Fsp3) is 0.484. The van der Waals surface area contributed by atoms with Gasteiger partial charge in [0.1, 0.15) is 12.5 Å². The van der Waals surface area contributed by atoms with E-state index in [1.165, 1.54) is 17.5 Å². The number of nitrogens with zero attached hydrogens (tertiary/aromatic N) is 2. The summed E-state index contributed by atoms with van der Waals surface area (Å²) < 4.78 is 34.0. The third-order valence-electron chi connectivity index (χ3n) is 8.24. The highest BCUT2D eigenvalue weighted by Crippen LogP contribution is 2.30. The van der Waals surface area contributed by atoms with Crippen LogP contribution in [-0.4, -0.2) is 65.5 Å². The number of nitrogens with one attached hydrogen (secondary N) is 2. The van der Waals surface area contributed by atoms with Crippen molar-refractivity contribution in [2.24, 2.45) is 11.8 Å². The van der Waals surface area contributed by atoms with Gasteiger partial charge in [-0.05, 0) is 48.1 Å². The number of hydrogen-bond acceptors (Lipinski definition) is 6. The quantitative estimate of drug-likeness (QED) is 0.317. The molecule has 2 saturated heterocycles. The molecule has 2 aliphatic heterocycles. The number of ether oxygens (including phenoxy) is 1. The van der Waals surface area contributed by atoms with Crippen LogP contribution < -0.4 is 10.9 Å². The van der Waals surface area contributed by atoms with Gasteiger partial charge in [-0.15, -0.1) is 0 Å². The van der Waals surface area contributed by atoms with Crippen molar-refractivity contribution in [3.63, 3.8) is 0 Å². The number of benzene rings is 2. The standard InChI is InChI=1S/C31H38F2N4O3/c1-20(12-32)34-13-24(11-29-30(38)31(39)36-19-35-29)27-9-8-22(10-28(27)33)5-2-21-3-6-23(7-4-21)14-37-15-25-17-40-18-26(25)16-37/h3-4,6-10,19-20,24-26,34,38H,2,5,11-18H2,1H3,(H,35,36,39)/t20-,24?,25?,26?/m0/s1. The van der Waals surface area contributed by atoms with E-state index in [9.17, 15) is 14.3 Å². The number of aromatic hydroxyl groups is 1. The first-order valence-electron chi connectivity index (χ1n) is 14.1. The Bertz CT molecular complexity index is 1320. The van der Waals surface area contributed by atoms with Crippen LogP contribution in [0.15, 0.2) is 53.6 Å². The Morgan fingerprint density at radius 1 is 1.10 bits per heavy atom. The van der Waals surface area contributed by atoms with Gasteiger partial charge in [0.25, 0.3) is 5.56 Å². The number of aromatic nitrogens is 2. The summed E-state index contributed by atoms with van der Waals surface area (Å²) in [4.78, 5) is 20.7. The topological polar surface area (TPSA) is 90.5 Å². The van der Waals surface area contributed by atoms with Gasteiger partial charge >= 0.3 is 0 Å². The molecule has 9 heteroatoms. The molecule has 5 rings (SSSR count). The Labute approximate surface area is 233 Å². The number of halogens is 2. The van der Waals surface area contributed by atoms with Crippen LogP contribution in [0.1, 0.15) is 40.8 Å². The van der Waals surface area contributed by atoms with Gasteiger partial charge in [-0.1, -0.05) is 36.4 Å². The molecule has 0 saturated carbocycles. The summed E-state index contributed by atoms with van der Waals surface area (Å²) >= 11 is 0. The lowest BCUT2D eigenvalue weighted by Gasteiger charge is -2.21. The molecule has 214 valence electrons. The third kappa shape index (κ3) is 6.95. The molecule has 0 spiro atoms. The van der Waals surface area contributed by atoms with E-state index in [0.29, 0.717) is 23.8 Å². The van der Waals surface area contributed by atoms with E-state index in [2.05, 4.69) is 44.5 Å². The lowest BCUT2D eigenvalue weighted by atomic mass is 9.91. The van der Waals surface area contributed by atoms with E-state index in [1.54, 1.807) is 19.1 Å². The molecule has 1 aromatic heterocycles. The number of aryl methyl sites for hydroxylation is 2. The number of fused-ring (bicyclic) bond motifs is 1. The smallest absolute Gasteiger partial charge is 0.293 e. The van der Waals surface area contributed by atoms with Crippen LogP contribution >= 0.6 is 0 Å². The summed E-state index contributed by atoms with van der Waals surface area (Å²) in [6, 6.07) is 13.5. The van der Waals surface area contributed by atoms with E-state index in [-0.39, 0.29) is 24.5 Å². The van der Waals surface area contributed by atoms with E-state index in [4.69, 9.17) is 4.74 Å². The maximum absolute atomic E-state index is 15.4. The second kappa shape index (κ2) is 13.0. The second-order valence-corrected chi connectivity index (χ2v) is 11.3. The lowest BCUT2D eigenvalue weighted by Crippen LogP contribution is -2.33. The molecule has 3 unspecified atom stereocenters. The van der Waals surface area contributed by atoms with Crippen molar-refractivity contribution in [1.29, 1.82) is 0 Å². The van der Waals surface area contributed by atoms with Crippen LogP contribution in [0.3, 0.4) is 0 Å². The highest BCUT2D eigenvalue weighted by molar-refractivity contribution is 5.32. The van der Waals surface area contributed by atoms with Gasteiger partial charge in [-0.2, -0.15) is 0 Å². The summed E-state index contributed by atoms with van der Waals surface area (Å²) in [5, 5.41) is 13.2. The molecule has 0 aliphatic carbocycles. The van der Waals surface area contributed by atoms with Crippen molar-refractivity contribution >= 4 is 0 Å². The molecule has 40 heavy (non-hydrogen) atoms. The maximum Gasteiger partial charge on any atom is 0.293 e. The minimum Gasteiger partial charge on any atom is -0.502 e. The first-order valence-corrected chi connectivity index (χ1v) is 14.1. The van der Waals surface area contributed by atoms with Crippen LogP contribution in [0, 0.1) is 17.7 Å².